The van der Waals surface area contributed by atoms with Crippen LogP contribution in [0.25, 0.3) is 0 Å². The zero-order valence-corrected chi connectivity index (χ0v) is 14.7. The topological polar surface area (TPSA) is 58.1 Å². The lowest BCUT2D eigenvalue weighted by atomic mass is 10.2. The Balaban J connectivity index is 1.90. The van der Waals surface area contributed by atoms with E-state index in [2.05, 4.69) is 15.3 Å². The van der Waals surface area contributed by atoms with Gasteiger partial charge in [-0.3, -0.25) is 4.79 Å². The summed E-state index contributed by atoms with van der Waals surface area (Å²) in [4.78, 5) is 22.5. The highest BCUT2D eigenvalue weighted by atomic mass is 35.5. The third kappa shape index (κ3) is 4.07. The van der Waals surface area contributed by atoms with Crippen LogP contribution < -0.4 is 5.32 Å². The van der Waals surface area contributed by atoms with Crippen LogP contribution in [-0.2, 0) is 6.18 Å². The zero-order chi connectivity index (χ0) is 18.9. The first-order chi connectivity index (χ1) is 12.2. The molecular formula is C17H16ClF3N4O. The maximum atomic E-state index is 12.9. The molecule has 1 aliphatic heterocycles. The van der Waals surface area contributed by atoms with Crippen LogP contribution in [0.1, 0.15) is 34.6 Å². The van der Waals surface area contributed by atoms with E-state index in [1.807, 2.05) is 0 Å². The number of nitrogens with zero attached hydrogens (tertiary/aromatic N) is 3. The molecule has 0 aliphatic carbocycles. The van der Waals surface area contributed by atoms with Gasteiger partial charge in [0.25, 0.3) is 5.91 Å². The number of nitrogens with one attached hydrogen (secondary N) is 1. The predicted molar refractivity (Wildman–Crippen MR) is 91.6 cm³/mol. The van der Waals surface area contributed by atoms with E-state index in [-0.39, 0.29) is 28.3 Å². The van der Waals surface area contributed by atoms with Gasteiger partial charge in [-0.2, -0.15) is 13.2 Å². The maximum absolute atomic E-state index is 12.9. The van der Waals surface area contributed by atoms with Gasteiger partial charge in [0.1, 0.15) is 5.69 Å². The van der Waals surface area contributed by atoms with Gasteiger partial charge in [-0.15, -0.1) is 0 Å². The van der Waals surface area contributed by atoms with Crippen molar-refractivity contribution < 1.29 is 18.0 Å². The number of alkyl halides is 3. The summed E-state index contributed by atoms with van der Waals surface area (Å²) in [6.07, 6.45) is -2.60. The molecule has 2 heterocycles. The third-order valence-electron chi connectivity index (χ3n) is 4.01. The van der Waals surface area contributed by atoms with Crippen LogP contribution in [0.4, 0.5) is 24.8 Å². The largest absolute Gasteiger partial charge is 0.416 e. The smallest absolute Gasteiger partial charge is 0.337 e. The summed E-state index contributed by atoms with van der Waals surface area (Å²) >= 11 is 5.98. The van der Waals surface area contributed by atoms with Gasteiger partial charge in [0.15, 0.2) is 0 Å². The molecule has 5 nitrogen and oxygen atoms in total. The molecular weight excluding hydrogens is 369 g/mol. The molecule has 3 rings (SSSR count). The summed E-state index contributed by atoms with van der Waals surface area (Å²) in [7, 11) is 0. The number of halogens is 4. The number of aryl methyl sites for hydroxylation is 1. The van der Waals surface area contributed by atoms with E-state index < -0.39 is 11.7 Å². The quantitative estimate of drug-likeness (QED) is 0.850. The van der Waals surface area contributed by atoms with Gasteiger partial charge in [0, 0.05) is 18.8 Å². The van der Waals surface area contributed by atoms with Gasteiger partial charge in [-0.05, 0) is 44.0 Å². The Morgan fingerprint density at radius 1 is 1.19 bits per heavy atom. The molecule has 1 fully saturated rings. The Labute approximate surface area is 153 Å². The highest BCUT2D eigenvalue weighted by Gasteiger charge is 2.31. The van der Waals surface area contributed by atoms with Gasteiger partial charge in [0.05, 0.1) is 16.3 Å². The van der Waals surface area contributed by atoms with E-state index in [1.165, 1.54) is 0 Å². The molecule has 0 atom stereocenters. The van der Waals surface area contributed by atoms with Gasteiger partial charge in [-0.1, -0.05) is 11.6 Å². The van der Waals surface area contributed by atoms with Gasteiger partial charge >= 0.3 is 6.18 Å². The van der Waals surface area contributed by atoms with Gasteiger partial charge < -0.3 is 10.2 Å². The van der Waals surface area contributed by atoms with E-state index in [0.717, 1.165) is 31.0 Å². The molecule has 9 heteroatoms. The lowest BCUT2D eigenvalue weighted by Gasteiger charge is -2.16. The Hall–Kier alpha value is -2.35. The molecule has 1 amide bonds. The molecule has 2 aromatic rings. The van der Waals surface area contributed by atoms with Gasteiger partial charge in [0.2, 0.25) is 5.95 Å². The van der Waals surface area contributed by atoms with Crippen molar-refractivity contribution in [3.05, 3.63) is 46.2 Å². The fraction of sp³-hybridized carbons (Fsp3) is 0.353. The second-order valence-electron chi connectivity index (χ2n) is 6.03. The summed E-state index contributed by atoms with van der Waals surface area (Å²) in [6, 6.07) is 4.49. The lowest BCUT2D eigenvalue weighted by Crippen LogP contribution is -2.28. The SMILES string of the molecule is Cc1cc(C(=O)N2CCCC2)nc(Nc2cc(C(F)(F)F)ccc2Cl)n1. The molecule has 0 unspecified atom stereocenters. The zero-order valence-electron chi connectivity index (χ0n) is 13.9. The molecule has 1 aliphatic rings. The summed E-state index contributed by atoms with van der Waals surface area (Å²) in [6.45, 7) is 3.02. The molecule has 0 spiro atoms. The Morgan fingerprint density at radius 2 is 1.88 bits per heavy atom. The molecule has 1 saturated heterocycles. The fourth-order valence-electron chi connectivity index (χ4n) is 2.73. The minimum Gasteiger partial charge on any atom is -0.337 e. The van der Waals surface area contributed by atoms with Crippen molar-refractivity contribution in [2.45, 2.75) is 25.9 Å². The Bertz CT molecular complexity index is 835. The van der Waals surface area contributed by atoms with E-state index in [4.69, 9.17) is 11.6 Å². The number of aromatic nitrogens is 2. The molecule has 26 heavy (non-hydrogen) atoms. The summed E-state index contributed by atoms with van der Waals surface area (Å²) in [5, 5.41) is 2.78. The van der Waals surface area contributed by atoms with E-state index >= 15 is 0 Å². The van der Waals surface area contributed by atoms with Crippen molar-refractivity contribution in [3.8, 4) is 0 Å². The average Bonchev–Trinajstić information content (AvgIpc) is 3.09. The number of benzene rings is 1. The summed E-state index contributed by atoms with van der Waals surface area (Å²) in [5.74, 6) is -0.194. The van der Waals surface area contributed by atoms with E-state index in [9.17, 15) is 18.0 Å². The first-order valence-corrected chi connectivity index (χ1v) is 8.40. The third-order valence-corrected chi connectivity index (χ3v) is 4.34. The minimum absolute atomic E-state index is 0.0201. The first kappa shape index (κ1) is 18.4. The monoisotopic (exact) mass is 384 g/mol. The molecule has 138 valence electrons. The predicted octanol–water partition coefficient (Wildman–Crippen LogP) is 4.44. The first-order valence-electron chi connectivity index (χ1n) is 8.03. The fourth-order valence-corrected chi connectivity index (χ4v) is 2.90. The molecule has 0 radical (unpaired) electrons. The number of hydrogen-bond donors (Lipinski definition) is 1. The number of anilines is 2. The number of carbonyl (C=O) groups is 1. The second-order valence-corrected chi connectivity index (χ2v) is 6.44. The van der Waals surface area contributed by atoms with Gasteiger partial charge in [-0.25, -0.2) is 9.97 Å². The Morgan fingerprint density at radius 3 is 2.54 bits per heavy atom. The van der Waals surface area contributed by atoms with Crippen LogP contribution in [0.3, 0.4) is 0 Å². The number of amides is 1. The Kier molecular flexibility index (Phi) is 5.04. The lowest BCUT2D eigenvalue weighted by molar-refractivity contribution is -0.137. The molecule has 0 bridgehead atoms. The van der Waals surface area contributed by atoms with Crippen LogP contribution >= 0.6 is 11.6 Å². The van der Waals surface area contributed by atoms with Crippen LogP contribution in [0.15, 0.2) is 24.3 Å². The van der Waals surface area contributed by atoms with E-state index in [0.29, 0.717) is 18.8 Å². The summed E-state index contributed by atoms with van der Waals surface area (Å²) < 4.78 is 38.7. The van der Waals surface area contributed by atoms with E-state index in [1.54, 1.807) is 17.9 Å². The second kappa shape index (κ2) is 7.11. The molecule has 1 aromatic heterocycles. The van der Waals surface area contributed by atoms with Crippen molar-refractivity contribution in [2.75, 3.05) is 18.4 Å². The van der Waals surface area contributed by atoms with Crippen molar-refractivity contribution >= 4 is 29.1 Å². The standard InChI is InChI=1S/C17H16ClF3N4O/c1-10-8-14(15(26)25-6-2-3-7-25)24-16(22-10)23-13-9-11(17(19,20)21)4-5-12(13)18/h4-5,8-9H,2-3,6-7H2,1H3,(H,22,23,24). The normalized spacial score (nSPS) is 14.6. The molecule has 0 saturated carbocycles. The summed E-state index contributed by atoms with van der Waals surface area (Å²) in [5.41, 5.74) is -0.102. The maximum Gasteiger partial charge on any atom is 0.416 e. The van der Waals surface area contributed by atoms with Crippen molar-refractivity contribution in [2.24, 2.45) is 0 Å². The molecule has 1 aromatic carbocycles. The minimum atomic E-state index is -4.49. The number of rotatable bonds is 3. The van der Waals surface area contributed by atoms with Crippen molar-refractivity contribution in [1.29, 1.82) is 0 Å². The van der Waals surface area contributed by atoms with Crippen LogP contribution in [0, 0.1) is 6.92 Å². The van der Waals surface area contributed by atoms with Crippen LogP contribution in [0.2, 0.25) is 5.02 Å². The molecule has 1 N–H and O–H groups in total. The number of likely N-dealkylation sites (tertiary alicyclic amines) is 1. The average molecular weight is 385 g/mol. The number of carbonyl (C=O) groups excluding carboxylic acids is 1. The van der Waals surface area contributed by atoms with Crippen molar-refractivity contribution in [3.63, 3.8) is 0 Å². The highest BCUT2D eigenvalue weighted by molar-refractivity contribution is 6.33. The van der Waals surface area contributed by atoms with Crippen LogP contribution in [0.5, 0.6) is 0 Å². The number of hydrogen-bond acceptors (Lipinski definition) is 4. The van der Waals surface area contributed by atoms with Crippen LogP contribution in [-0.4, -0.2) is 33.9 Å². The highest BCUT2D eigenvalue weighted by Crippen LogP contribution is 2.34. The van der Waals surface area contributed by atoms with Crippen molar-refractivity contribution in [1.82, 2.24) is 14.9 Å².